The van der Waals surface area contributed by atoms with E-state index in [-0.39, 0.29) is 0 Å². The third kappa shape index (κ3) is 3.39. The zero-order chi connectivity index (χ0) is 14.5. The van der Waals surface area contributed by atoms with Crippen LogP contribution in [0.25, 0.3) is 0 Å². The molecule has 2 heterocycles. The highest BCUT2D eigenvalue weighted by atomic mass is 16.5. The molecule has 1 N–H and O–H groups in total. The van der Waals surface area contributed by atoms with Gasteiger partial charge in [0, 0.05) is 13.1 Å². The number of nitrogens with one attached hydrogen (secondary N) is 1. The number of anilines is 1. The van der Waals surface area contributed by atoms with Crippen LogP contribution in [0.3, 0.4) is 0 Å². The summed E-state index contributed by atoms with van der Waals surface area (Å²) in [6.45, 7) is 6.20. The quantitative estimate of drug-likeness (QED) is 0.866. The Morgan fingerprint density at radius 3 is 2.85 bits per heavy atom. The number of hydrogen-bond acceptors (Lipinski definition) is 5. The summed E-state index contributed by atoms with van der Waals surface area (Å²) in [6.07, 6.45) is 5.21. The molecule has 0 aromatic carbocycles. The van der Waals surface area contributed by atoms with Crippen molar-refractivity contribution in [3.63, 3.8) is 0 Å². The summed E-state index contributed by atoms with van der Waals surface area (Å²) in [4.78, 5) is 11.0. The largest absolute Gasteiger partial charge is 0.477 e. The van der Waals surface area contributed by atoms with Crippen LogP contribution in [0.1, 0.15) is 44.6 Å². The zero-order valence-corrected chi connectivity index (χ0v) is 13.0. The van der Waals surface area contributed by atoms with Gasteiger partial charge in [-0.05, 0) is 38.8 Å². The Labute approximate surface area is 121 Å². The normalized spacial score (nSPS) is 19.6. The first-order valence-corrected chi connectivity index (χ1v) is 7.49. The number of ether oxygens (including phenoxy) is 1. The first-order valence-electron chi connectivity index (χ1n) is 7.49. The number of hydrogen-bond donors (Lipinski definition) is 1. The van der Waals surface area contributed by atoms with Gasteiger partial charge in [-0.25, -0.2) is 9.97 Å². The van der Waals surface area contributed by atoms with Gasteiger partial charge in [-0.15, -0.1) is 0 Å². The highest BCUT2D eigenvalue weighted by Gasteiger charge is 2.21. The highest BCUT2D eigenvalue weighted by Crippen LogP contribution is 2.30. The van der Waals surface area contributed by atoms with Gasteiger partial charge in [0.15, 0.2) is 0 Å². The van der Waals surface area contributed by atoms with Gasteiger partial charge >= 0.3 is 0 Å². The van der Waals surface area contributed by atoms with Crippen molar-refractivity contribution < 1.29 is 4.74 Å². The van der Waals surface area contributed by atoms with Crippen LogP contribution >= 0.6 is 0 Å². The third-order valence-electron chi connectivity index (χ3n) is 4.02. The Kier molecular flexibility index (Phi) is 5.17. The van der Waals surface area contributed by atoms with Gasteiger partial charge in [0.05, 0.1) is 12.2 Å². The minimum Gasteiger partial charge on any atom is -0.477 e. The van der Waals surface area contributed by atoms with Crippen LogP contribution in [-0.4, -0.2) is 48.2 Å². The lowest BCUT2D eigenvalue weighted by Crippen LogP contribution is -2.26. The molecule has 5 nitrogen and oxygen atoms in total. The van der Waals surface area contributed by atoms with Crippen molar-refractivity contribution in [1.82, 2.24) is 14.9 Å². The summed E-state index contributed by atoms with van der Waals surface area (Å²) in [6, 6.07) is 0.656. The Morgan fingerprint density at radius 1 is 1.45 bits per heavy atom. The monoisotopic (exact) mass is 278 g/mol. The maximum absolute atomic E-state index is 5.93. The average molecular weight is 278 g/mol. The lowest BCUT2D eigenvalue weighted by molar-refractivity contribution is 0.227. The van der Waals surface area contributed by atoms with Crippen molar-refractivity contribution in [3.05, 3.63) is 11.9 Å². The van der Waals surface area contributed by atoms with Crippen LogP contribution in [0.15, 0.2) is 6.33 Å². The average Bonchev–Trinajstić information content (AvgIpc) is 2.84. The van der Waals surface area contributed by atoms with E-state index in [0.717, 1.165) is 30.3 Å². The summed E-state index contributed by atoms with van der Waals surface area (Å²) in [5.74, 6) is 1.92. The standard InChI is InChI=1S/C15H26N4O/c1-11(2)13-14(16-3)17-10-18-15(13)20-9-7-12-6-5-8-19(12)4/h10-12H,5-9H2,1-4H3,(H,16,17,18). The molecule has 1 aliphatic rings. The molecule has 20 heavy (non-hydrogen) atoms. The van der Waals surface area contributed by atoms with Crippen LogP contribution < -0.4 is 10.1 Å². The first-order chi connectivity index (χ1) is 9.63. The van der Waals surface area contributed by atoms with E-state index in [1.165, 1.54) is 19.4 Å². The summed E-state index contributed by atoms with van der Waals surface area (Å²) in [7, 11) is 4.08. The topological polar surface area (TPSA) is 50.3 Å². The second-order valence-corrected chi connectivity index (χ2v) is 5.76. The van der Waals surface area contributed by atoms with Gasteiger partial charge in [0.1, 0.15) is 12.1 Å². The van der Waals surface area contributed by atoms with Crippen molar-refractivity contribution in [3.8, 4) is 5.88 Å². The molecule has 1 saturated heterocycles. The van der Waals surface area contributed by atoms with E-state index in [0.29, 0.717) is 12.0 Å². The predicted octanol–water partition coefficient (Wildman–Crippen LogP) is 2.50. The summed E-state index contributed by atoms with van der Waals surface area (Å²) in [5.41, 5.74) is 1.06. The minimum atomic E-state index is 0.336. The van der Waals surface area contributed by atoms with Gasteiger partial charge < -0.3 is 15.0 Å². The van der Waals surface area contributed by atoms with Crippen LogP contribution in [0.2, 0.25) is 0 Å². The van der Waals surface area contributed by atoms with Crippen LogP contribution in [0.5, 0.6) is 5.88 Å². The van der Waals surface area contributed by atoms with E-state index in [2.05, 4.69) is 41.1 Å². The fraction of sp³-hybridized carbons (Fsp3) is 0.733. The highest BCUT2D eigenvalue weighted by molar-refractivity contribution is 5.50. The molecule has 0 saturated carbocycles. The van der Waals surface area contributed by atoms with E-state index in [9.17, 15) is 0 Å². The molecular formula is C15H26N4O. The first kappa shape index (κ1) is 15.0. The number of rotatable bonds is 6. The molecule has 5 heteroatoms. The van der Waals surface area contributed by atoms with Crippen molar-refractivity contribution in [2.24, 2.45) is 0 Å². The van der Waals surface area contributed by atoms with Gasteiger partial charge in [-0.1, -0.05) is 13.8 Å². The molecule has 1 unspecified atom stereocenters. The molecule has 112 valence electrons. The Hall–Kier alpha value is -1.36. The maximum Gasteiger partial charge on any atom is 0.222 e. The summed E-state index contributed by atoms with van der Waals surface area (Å²) in [5, 5.41) is 3.12. The van der Waals surface area contributed by atoms with E-state index in [1.54, 1.807) is 6.33 Å². The molecule has 0 spiro atoms. The molecule has 1 atom stereocenters. The molecule has 1 aromatic heterocycles. The number of aromatic nitrogens is 2. The molecule has 0 aliphatic carbocycles. The van der Waals surface area contributed by atoms with Crippen molar-refractivity contribution in [1.29, 1.82) is 0 Å². The third-order valence-corrected chi connectivity index (χ3v) is 4.02. The van der Waals surface area contributed by atoms with E-state index < -0.39 is 0 Å². The fourth-order valence-electron chi connectivity index (χ4n) is 2.85. The molecule has 1 fully saturated rings. The fourth-order valence-corrected chi connectivity index (χ4v) is 2.85. The second-order valence-electron chi connectivity index (χ2n) is 5.76. The molecule has 1 aromatic rings. The van der Waals surface area contributed by atoms with Gasteiger partial charge in [0.25, 0.3) is 0 Å². The van der Waals surface area contributed by atoms with Crippen molar-refractivity contribution in [2.75, 3.05) is 32.6 Å². The lowest BCUT2D eigenvalue weighted by atomic mass is 10.1. The molecule has 0 amide bonds. The molecular weight excluding hydrogens is 252 g/mol. The van der Waals surface area contributed by atoms with Crippen LogP contribution in [0, 0.1) is 0 Å². The molecule has 1 aliphatic heterocycles. The lowest BCUT2D eigenvalue weighted by Gasteiger charge is -2.20. The Bertz CT molecular complexity index is 436. The minimum absolute atomic E-state index is 0.336. The zero-order valence-electron chi connectivity index (χ0n) is 13.0. The molecule has 0 bridgehead atoms. The van der Waals surface area contributed by atoms with Gasteiger partial charge in [0.2, 0.25) is 5.88 Å². The van der Waals surface area contributed by atoms with E-state index in [1.807, 2.05) is 7.05 Å². The predicted molar refractivity (Wildman–Crippen MR) is 81.4 cm³/mol. The number of nitrogens with zero attached hydrogens (tertiary/aromatic N) is 3. The van der Waals surface area contributed by atoms with E-state index >= 15 is 0 Å². The SMILES string of the molecule is CNc1ncnc(OCCC2CCCN2C)c1C(C)C. The van der Waals surface area contributed by atoms with Crippen LogP contribution in [-0.2, 0) is 0 Å². The van der Waals surface area contributed by atoms with Gasteiger partial charge in [-0.2, -0.15) is 0 Å². The van der Waals surface area contributed by atoms with Crippen molar-refractivity contribution in [2.45, 2.75) is 45.1 Å². The maximum atomic E-state index is 5.93. The second kappa shape index (κ2) is 6.88. The van der Waals surface area contributed by atoms with E-state index in [4.69, 9.17) is 4.74 Å². The van der Waals surface area contributed by atoms with Gasteiger partial charge in [-0.3, -0.25) is 0 Å². The van der Waals surface area contributed by atoms with Crippen molar-refractivity contribution >= 4 is 5.82 Å². The summed E-state index contributed by atoms with van der Waals surface area (Å²) < 4.78 is 5.93. The van der Waals surface area contributed by atoms with Crippen LogP contribution in [0.4, 0.5) is 5.82 Å². The molecule has 0 radical (unpaired) electrons. The number of likely N-dealkylation sites (tertiary alicyclic amines) is 1. The smallest absolute Gasteiger partial charge is 0.222 e. The summed E-state index contributed by atoms with van der Waals surface area (Å²) >= 11 is 0. The Balaban J connectivity index is 1.98. The molecule has 2 rings (SSSR count). The Morgan fingerprint density at radius 2 is 2.25 bits per heavy atom.